The highest BCUT2D eigenvalue weighted by Gasteiger charge is 2.35. The van der Waals surface area contributed by atoms with Gasteiger partial charge < -0.3 is 14.5 Å². The van der Waals surface area contributed by atoms with Crippen molar-refractivity contribution >= 4 is 5.91 Å². The van der Waals surface area contributed by atoms with Crippen molar-refractivity contribution in [3.05, 3.63) is 79.3 Å². The Balaban J connectivity index is 1.34. The number of H-pyrrole nitrogens is 1. The van der Waals surface area contributed by atoms with Gasteiger partial charge in [-0.1, -0.05) is 36.4 Å². The molecule has 1 aliphatic heterocycles. The molecule has 1 aliphatic rings. The molecule has 2 aromatic carbocycles. The highest BCUT2D eigenvalue weighted by molar-refractivity contribution is 5.74. The van der Waals surface area contributed by atoms with Gasteiger partial charge in [-0.25, -0.2) is 9.97 Å². The normalized spacial score (nSPS) is 18.5. The smallest absolute Gasteiger partial charge is 0.220 e. The number of nitrogens with one attached hydrogen (secondary N) is 1. The highest BCUT2D eigenvalue weighted by Crippen LogP contribution is 2.35. The molecule has 0 saturated carbocycles. The summed E-state index contributed by atoms with van der Waals surface area (Å²) in [6.07, 6.45) is 9.33. The molecule has 0 bridgehead atoms. The molecule has 2 aromatic heterocycles. The Hall–Kier alpha value is -3.67. The third kappa shape index (κ3) is 3.65. The van der Waals surface area contributed by atoms with Gasteiger partial charge in [-0.2, -0.15) is 0 Å². The van der Waals surface area contributed by atoms with Crippen molar-refractivity contribution in [1.29, 1.82) is 0 Å². The predicted octanol–water partition coefficient (Wildman–Crippen LogP) is 5.00. The van der Waals surface area contributed by atoms with Gasteiger partial charge in [0.15, 0.2) is 0 Å². The van der Waals surface area contributed by atoms with Crippen molar-refractivity contribution < 1.29 is 4.79 Å². The first-order valence-corrected chi connectivity index (χ1v) is 10.6. The van der Waals surface area contributed by atoms with E-state index >= 15 is 0 Å². The number of likely N-dealkylation sites (tertiary alicyclic amines) is 1. The quantitative estimate of drug-likeness (QED) is 0.514. The fourth-order valence-corrected chi connectivity index (χ4v) is 4.52. The van der Waals surface area contributed by atoms with Gasteiger partial charge in [-0.05, 0) is 48.6 Å². The molecule has 1 fully saturated rings. The minimum absolute atomic E-state index is 0.0366. The maximum absolute atomic E-state index is 12.1. The summed E-state index contributed by atoms with van der Waals surface area (Å²) in [5.41, 5.74) is 5.47. The summed E-state index contributed by atoms with van der Waals surface area (Å²) >= 11 is 0. The maximum atomic E-state index is 12.1. The fraction of sp³-hybridized carbons (Fsp3) is 0.240. The first-order valence-electron chi connectivity index (χ1n) is 10.6. The van der Waals surface area contributed by atoms with Crippen molar-refractivity contribution in [2.75, 3.05) is 0 Å². The van der Waals surface area contributed by atoms with E-state index in [1.54, 1.807) is 19.4 Å². The number of amides is 1. The van der Waals surface area contributed by atoms with E-state index in [2.05, 4.69) is 70.4 Å². The monoisotopic (exact) mass is 411 g/mol. The number of benzene rings is 2. The van der Waals surface area contributed by atoms with Crippen LogP contribution in [0.1, 0.15) is 38.6 Å². The zero-order valence-corrected chi connectivity index (χ0v) is 17.7. The van der Waals surface area contributed by atoms with Crippen molar-refractivity contribution in [2.24, 2.45) is 0 Å². The average Bonchev–Trinajstić information content (AvgIpc) is 3.54. The SMILES string of the molecule is CC(=O)N1[C@@H](C)CC[C@H]1c1ncc(-c2ccc(-c3ccc(-n4ccnc4)cc3)cc2)[nH]1. The standard InChI is InChI=1S/C25H25N5O/c1-17-3-12-24(30(17)18(2)31)25-27-15-23(28-25)21-6-4-19(5-7-21)20-8-10-22(11-9-20)29-14-13-26-16-29/h4-11,13-17,24H,3,12H2,1-2H3,(H,27,28)/t17-,24-/m0/s1. The van der Waals surface area contributed by atoms with Crippen molar-refractivity contribution in [3.8, 4) is 28.1 Å². The van der Waals surface area contributed by atoms with Crippen molar-refractivity contribution in [1.82, 2.24) is 24.4 Å². The van der Waals surface area contributed by atoms with E-state index in [9.17, 15) is 4.79 Å². The molecule has 156 valence electrons. The second-order valence-corrected chi connectivity index (χ2v) is 8.14. The number of imidazole rings is 2. The molecule has 1 N–H and O–H groups in total. The molecule has 0 radical (unpaired) electrons. The van der Waals surface area contributed by atoms with Gasteiger partial charge in [0.1, 0.15) is 5.82 Å². The van der Waals surface area contributed by atoms with Crippen LogP contribution in [0.3, 0.4) is 0 Å². The number of aromatic amines is 1. The van der Waals surface area contributed by atoms with Crippen molar-refractivity contribution in [3.63, 3.8) is 0 Å². The first kappa shape index (κ1) is 19.3. The van der Waals surface area contributed by atoms with Crippen LogP contribution in [0, 0.1) is 0 Å². The van der Waals surface area contributed by atoms with E-state index in [0.29, 0.717) is 0 Å². The zero-order valence-electron chi connectivity index (χ0n) is 17.7. The molecular weight excluding hydrogens is 386 g/mol. The molecule has 5 rings (SSSR count). The zero-order chi connectivity index (χ0) is 21.4. The van der Waals surface area contributed by atoms with Crippen LogP contribution in [0.4, 0.5) is 0 Å². The summed E-state index contributed by atoms with van der Waals surface area (Å²) < 4.78 is 1.99. The number of carbonyl (C=O) groups excluding carboxylic acids is 1. The molecule has 3 heterocycles. The van der Waals surface area contributed by atoms with Crippen LogP contribution in [0.5, 0.6) is 0 Å². The topological polar surface area (TPSA) is 66.8 Å². The Morgan fingerprint density at radius 1 is 1.00 bits per heavy atom. The lowest BCUT2D eigenvalue weighted by atomic mass is 10.0. The Kier molecular flexibility index (Phi) is 4.90. The van der Waals surface area contributed by atoms with Crippen LogP contribution in [-0.4, -0.2) is 36.4 Å². The summed E-state index contributed by atoms with van der Waals surface area (Å²) in [5.74, 6) is 0.977. The minimum Gasteiger partial charge on any atom is -0.340 e. The van der Waals surface area contributed by atoms with Gasteiger partial charge in [0.25, 0.3) is 0 Å². The predicted molar refractivity (Wildman–Crippen MR) is 121 cm³/mol. The van der Waals surface area contributed by atoms with E-state index in [1.165, 1.54) is 0 Å². The van der Waals surface area contributed by atoms with Crippen LogP contribution < -0.4 is 0 Å². The second-order valence-electron chi connectivity index (χ2n) is 8.14. The third-order valence-corrected chi connectivity index (χ3v) is 6.14. The molecule has 0 unspecified atom stereocenters. The van der Waals surface area contributed by atoms with Gasteiger partial charge in [0.2, 0.25) is 5.91 Å². The molecule has 0 spiro atoms. The third-order valence-electron chi connectivity index (χ3n) is 6.14. The van der Waals surface area contributed by atoms with Crippen LogP contribution in [-0.2, 0) is 4.79 Å². The Bertz CT molecular complexity index is 1180. The maximum Gasteiger partial charge on any atom is 0.220 e. The molecular formula is C25H25N5O. The molecule has 2 atom stereocenters. The summed E-state index contributed by atoms with van der Waals surface area (Å²) in [5, 5.41) is 0. The van der Waals surface area contributed by atoms with E-state index in [0.717, 1.165) is 46.7 Å². The molecule has 4 aromatic rings. The van der Waals surface area contributed by atoms with Gasteiger partial charge in [0.05, 0.1) is 24.3 Å². The molecule has 6 heteroatoms. The fourth-order valence-electron chi connectivity index (χ4n) is 4.52. The molecule has 1 amide bonds. The number of carbonyl (C=O) groups is 1. The number of hydrogen-bond donors (Lipinski definition) is 1. The molecule has 31 heavy (non-hydrogen) atoms. The van der Waals surface area contributed by atoms with Crippen LogP contribution in [0.2, 0.25) is 0 Å². The summed E-state index contributed by atoms with van der Waals surface area (Å²) in [7, 11) is 0. The van der Waals surface area contributed by atoms with Crippen molar-refractivity contribution in [2.45, 2.75) is 38.8 Å². The van der Waals surface area contributed by atoms with E-state index < -0.39 is 0 Å². The van der Waals surface area contributed by atoms with Gasteiger partial charge in [-0.3, -0.25) is 4.79 Å². The number of aromatic nitrogens is 4. The van der Waals surface area contributed by atoms with E-state index in [-0.39, 0.29) is 18.0 Å². The van der Waals surface area contributed by atoms with Gasteiger partial charge >= 0.3 is 0 Å². The van der Waals surface area contributed by atoms with Crippen LogP contribution in [0.25, 0.3) is 28.1 Å². The van der Waals surface area contributed by atoms with E-state index in [1.807, 2.05) is 21.9 Å². The number of hydrogen-bond acceptors (Lipinski definition) is 3. The average molecular weight is 412 g/mol. The van der Waals surface area contributed by atoms with E-state index in [4.69, 9.17) is 0 Å². The number of nitrogens with zero attached hydrogens (tertiary/aromatic N) is 4. The summed E-state index contributed by atoms with van der Waals surface area (Å²) in [6, 6.07) is 17.2. The summed E-state index contributed by atoms with van der Waals surface area (Å²) in [4.78, 5) is 26.1. The Morgan fingerprint density at radius 3 is 2.32 bits per heavy atom. The van der Waals surface area contributed by atoms with Crippen LogP contribution >= 0.6 is 0 Å². The number of rotatable bonds is 4. The van der Waals surface area contributed by atoms with Gasteiger partial charge in [0, 0.05) is 31.0 Å². The largest absolute Gasteiger partial charge is 0.340 e. The Labute approximate surface area is 181 Å². The lowest BCUT2D eigenvalue weighted by Gasteiger charge is -2.25. The minimum atomic E-state index is 0.0366. The molecule has 6 nitrogen and oxygen atoms in total. The molecule has 0 aliphatic carbocycles. The first-order chi connectivity index (χ1) is 15.1. The summed E-state index contributed by atoms with van der Waals surface area (Å²) in [6.45, 7) is 3.74. The molecule has 1 saturated heterocycles. The van der Waals surface area contributed by atoms with Crippen LogP contribution in [0.15, 0.2) is 73.4 Å². The lowest BCUT2D eigenvalue weighted by molar-refractivity contribution is -0.131. The second kappa shape index (κ2) is 7.87. The Morgan fingerprint density at radius 2 is 1.68 bits per heavy atom. The lowest BCUT2D eigenvalue weighted by Crippen LogP contribution is -2.34. The highest BCUT2D eigenvalue weighted by atomic mass is 16.2. The van der Waals surface area contributed by atoms with Gasteiger partial charge in [-0.15, -0.1) is 0 Å².